The Bertz CT molecular complexity index is 535. The third-order valence-corrected chi connectivity index (χ3v) is 3.33. The fourth-order valence-corrected chi connectivity index (χ4v) is 2.26. The molecule has 1 atom stereocenters. The number of hydrogen-bond acceptors (Lipinski definition) is 3. The van der Waals surface area contributed by atoms with Gasteiger partial charge in [0.05, 0.1) is 0 Å². The van der Waals surface area contributed by atoms with Crippen LogP contribution < -0.4 is 14.8 Å². The van der Waals surface area contributed by atoms with Gasteiger partial charge in [-0.25, -0.2) is 0 Å². The largest absolute Gasteiger partial charge is 0.486 e. The van der Waals surface area contributed by atoms with Gasteiger partial charge in [-0.3, -0.25) is 0 Å². The highest BCUT2D eigenvalue weighted by atomic mass is 35.5. The Morgan fingerprint density at radius 1 is 1.10 bits per heavy atom. The van der Waals surface area contributed by atoms with Crippen LogP contribution in [0, 0.1) is 0 Å². The van der Waals surface area contributed by atoms with Crippen molar-refractivity contribution in [3.63, 3.8) is 0 Å². The summed E-state index contributed by atoms with van der Waals surface area (Å²) in [6.45, 7) is 0.421. The molecule has 9 heteroatoms. The van der Waals surface area contributed by atoms with Crippen LogP contribution in [-0.4, -0.2) is 32.4 Å². The van der Waals surface area contributed by atoms with Gasteiger partial charge in [0.15, 0.2) is 11.5 Å². The highest BCUT2D eigenvalue weighted by Gasteiger charge is 2.62. The van der Waals surface area contributed by atoms with Crippen molar-refractivity contribution in [3.8, 4) is 11.5 Å². The van der Waals surface area contributed by atoms with E-state index in [-0.39, 0.29) is 29.7 Å². The van der Waals surface area contributed by atoms with E-state index in [0.717, 1.165) is 13.1 Å². The molecule has 0 aromatic heterocycles. The fraction of sp³-hybridized carbons (Fsp3) is 0.500. The van der Waals surface area contributed by atoms with E-state index in [9.17, 15) is 22.0 Å². The summed E-state index contributed by atoms with van der Waals surface area (Å²) in [6, 6.07) is -0.124. The Morgan fingerprint density at radius 3 is 2.10 bits per heavy atom. The fourth-order valence-electron chi connectivity index (χ4n) is 2.00. The molecular formula is C12H11ClF5NO2. The number of rotatable bonds is 3. The summed E-state index contributed by atoms with van der Waals surface area (Å²) in [5, 5.41) is 1.70. The molecule has 1 aromatic rings. The Morgan fingerprint density at radius 2 is 1.62 bits per heavy atom. The first-order chi connectivity index (χ1) is 9.68. The van der Waals surface area contributed by atoms with Gasteiger partial charge in [0.25, 0.3) is 0 Å². The summed E-state index contributed by atoms with van der Waals surface area (Å²) < 4.78 is 75.1. The van der Waals surface area contributed by atoms with Gasteiger partial charge >= 0.3 is 12.1 Å². The monoisotopic (exact) mass is 331 g/mol. The molecule has 2 rings (SSSR count). The molecule has 0 aliphatic carbocycles. The molecule has 21 heavy (non-hydrogen) atoms. The average molecular weight is 332 g/mol. The highest BCUT2D eigenvalue weighted by Crippen LogP contribution is 2.47. The van der Waals surface area contributed by atoms with Crippen molar-refractivity contribution in [2.24, 2.45) is 0 Å². The number of fused-ring (bicyclic) bond motifs is 1. The van der Waals surface area contributed by atoms with Crippen LogP contribution in [0.25, 0.3) is 0 Å². The Balaban J connectivity index is 2.48. The molecule has 1 unspecified atom stereocenters. The molecule has 1 N–H and O–H groups in total. The molecule has 1 heterocycles. The zero-order valence-corrected chi connectivity index (χ0v) is 11.5. The Kier molecular flexibility index (Phi) is 4.21. The van der Waals surface area contributed by atoms with Crippen LogP contribution in [0.5, 0.6) is 11.5 Å². The Hall–Kier alpha value is -1.28. The van der Waals surface area contributed by atoms with Crippen molar-refractivity contribution in [1.29, 1.82) is 0 Å². The molecule has 1 aliphatic rings. The first-order valence-electron chi connectivity index (χ1n) is 5.89. The van der Waals surface area contributed by atoms with Crippen molar-refractivity contribution >= 4 is 11.6 Å². The smallest absolute Gasteiger partial charge is 0.455 e. The van der Waals surface area contributed by atoms with Crippen LogP contribution in [0.1, 0.15) is 11.6 Å². The quantitative estimate of drug-likeness (QED) is 0.859. The summed E-state index contributed by atoms with van der Waals surface area (Å²) in [5.74, 6) is -4.70. The van der Waals surface area contributed by atoms with Crippen molar-refractivity contribution < 1.29 is 31.4 Å². The van der Waals surface area contributed by atoms with Crippen molar-refractivity contribution in [3.05, 3.63) is 22.7 Å². The van der Waals surface area contributed by atoms with E-state index < -0.39 is 23.7 Å². The van der Waals surface area contributed by atoms with E-state index in [1.165, 1.54) is 6.07 Å². The zero-order valence-electron chi connectivity index (χ0n) is 10.7. The molecule has 0 spiro atoms. The lowest BCUT2D eigenvalue weighted by molar-refractivity contribution is -0.293. The number of hydrogen-bond donors (Lipinski definition) is 1. The minimum Gasteiger partial charge on any atom is -0.486 e. The van der Waals surface area contributed by atoms with E-state index in [1.807, 2.05) is 5.32 Å². The van der Waals surface area contributed by atoms with E-state index in [4.69, 9.17) is 21.1 Å². The maximum Gasteiger partial charge on any atom is 0.455 e. The summed E-state index contributed by atoms with van der Waals surface area (Å²) in [4.78, 5) is 0. The number of halogens is 6. The molecule has 0 amide bonds. The van der Waals surface area contributed by atoms with Gasteiger partial charge in [-0.1, -0.05) is 11.6 Å². The maximum atomic E-state index is 13.6. The zero-order chi connectivity index (χ0) is 15.8. The van der Waals surface area contributed by atoms with Crippen LogP contribution >= 0.6 is 11.6 Å². The van der Waals surface area contributed by atoms with Crippen molar-refractivity contribution in [1.82, 2.24) is 5.32 Å². The van der Waals surface area contributed by atoms with Gasteiger partial charge in [0.2, 0.25) is 0 Å². The van der Waals surface area contributed by atoms with Crippen LogP contribution in [0.4, 0.5) is 22.0 Å². The average Bonchev–Trinajstić information content (AvgIpc) is 2.38. The molecule has 0 saturated heterocycles. The van der Waals surface area contributed by atoms with E-state index in [1.54, 1.807) is 0 Å². The minimum absolute atomic E-state index is 0.0823. The van der Waals surface area contributed by atoms with Gasteiger partial charge < -0.3 is 14.8 Å². The predicted molar refractivity (Wildman–Crippen MR) is 65.2 cm³/mol. The molecule has 0 radical (unpaired) electrons. The molecule has 0 fully saturated rings. The van der Waals surface area contributed by atoms with Crippen LogP contribution in [0.2, 0.25) is 5.02 Å². The minimum atomic E-state index is -5.71. The topological polar surface area (TPSA) is 30.5 Å². The summed E-state index contributed by atoms with van der Waals surface area (Å²) in [7, 11) is 0.997. The van der Waals surface area contributed by atoms with Crippen LogP contribution in [0.15, 0.2) is 12.1 Å². The summed E-state index contributed by atoms with van der Waals surface area (Å²) >= 11 is 5.81. The maximum absolute atomic E-state index is 13.6. The molecule has 0 saturated carbocycles. The lowest BCUT2D eigenvalue weighted by Crippen LogP contribution is -2.47. The lowest BCUT2D eigenvalue weighted by Gasteiger charge is -2.30. The standard InChI is InChI=1S/C12H11ClF5NO2/c1-19-10(11(14,15)12(16,17)18)6-4-8-9(5-7(6)13)21-3-2-20-8/h4-5,10,19H,2-3H2,1H3. The van der Waals surface area contributed by atoms with Gasteiger partial charge in [-0.15, -0.1) is 0 Å². The number of alkyl halides is 5. The molecular weight excluding hydrogens is 321 g/mol. The number of nitrogens with one attached hydrogen (secondary N) is 1. The first-order valence-corrected chi connectivity index (χ1v) is 6.27. The summed E-state index contributed by atoms with van der Waals surface area (Å²) in [5.41, 5.74) is -0.411. The second-order valence-corrected chi connectivity index (χ2v) is 4.77. The van der Waals surface area contributed by atoms with E-state index in [0.29, 0.717) is 0 Å². The normalized spacial score (nSPS) is 16.7. The second-order valence-electron chi connectivity index (χ2n) is 4.36. The lowest BCUT2D eigenvalue weighted by atomic mass is 9.99. The van der Waals surface area contributed by atoms with Gasteiger partial charge in [-0.05, 0) is 18.7 Å². The first kappa shape index (κ1) is 16.1. The third-order valence-electron chi connectivity index (χ3n) is 3.00. The molecule has 1 aliphatic heterocycles. The highest BCUT2D eigenvalue weighted by molar-refractivity contribution is 6.31. The molecule has 1 aromatic carbocycles. The molecule has 0 bridgehead atoms. The van der Waals surface area contributed by atoms with Crippen LogP contribution in [-0.2, 0) is 0 Å². The van der Waals surface area contributed by atoms with Gasteiger partial charge in [-0.2, -0.15) is 22.0 Å². The second kappa shape index (κ2) is 5.49. The van der Waals surface area contributed by atoms with Crippen molar-refractivity contribution in [2.45, 2.75) is 18.1 Å². The summed E-state index contributed by atoms with van der Waals surface area (Å²) in [6.07, 6.45) is -5.71. The molecule has 3 nitrogen and oxygen atoms in total. The van der Waals surface area contributed by atoms with Gasteiger partial charge in [0, 0.05) is 11.1 Å². The number of ether oxygens (including phenoxy) is 2. The van der Waals surface area contributed by atoms with E-state index in [2.05, 4.69) is 0 Å². The molecule has 118 valence electrons. The van der Waals surface area contributed by atoms with Gasteiger partial charge in [0.1, 0.15) is 19.3 Å². The predicted octanol–water partition coefficient (Wildman–Crippen LogP) is 3.57. The Labute approximate surface area is 122 Å². The third kappa shape index (κ3) is 2.87. The van der Waals surface area contributed by atoms with Crippen LogP contribution in [0.3, 0.4) is 0 Å². The van der Waals surface area contributed by atoms with Crippen molar-refractivity contribution in [2.75, 3.05) is 20.3 Å². The number of benzene rings is 1. The SMILES string of the molecule is CNC(c1cc2c(cc1Cl)OCCO2)C(F)(F)C(F)(F)F. The van der Waals surface area contributed by atoms with E-state index >= 15 is 0 Å².